The number of hydrogen-bond donors (Lipinski definition) is 1. The normalized spacial score (nSPS) is 11.4. The third kappa shape index (κ3) is 2.28. The maximum absolute atomic E-state index is 5.89. The molecule has 0 saturated carbocycles. The molecule has 0 atom stereocenters. The van der Waals surface area contributed by atoms with Crippen LogP contribution in [-0.4, -0.2) is 4.98 Å². The van der Waals surface area contributed by atoms with Crippen molar-refractivity contribution in [1.29, 1.82) is 0 Å². The number of aromatic nitrogens is 1. The second-order valence-electron chi connectivity index (χ2n) is 3.69. The van der Waals surface area contributed by atoms with Gasteiger partial charge in [0.25, 0.3) is 0 Å². The molecule has 80 valence electrons. The zero-order valence-electron chi connectivity index (χ0n) is 9.22. The number of pyridine rings is 1. The van der Waals surface area contributed by atoms with Gasteiger partial charge in [0.15, 0.2) is 0 Å². The third-order valence-electron chi connectivity index (χ3n) is 2.50. The largest absolute Gasteiger partial charge is 0.398 e. The molecule has 1 aromatic carbocycles. The van der Waals surface area contributed by atoms with Crippen molar-refractivity contribution in [2.45, 2.75) is 6.92 Å². The topological polar surface area (TPSA) is 38.9 Å². The predicted octanol–water partition coefficient (Wildman–Crippen LogP) is 3.22. The summed E-state index contributed by atoms with van der Waals surface area (Å²) in [5.74, 6) is 0. The second kappa shape index (κ2) is 4.62. The fourth-order valence-electron chi connectivity index (χ4n) is 1.57. The Kier molecular flexibility index (Phi) is 3.01. The van der Waals surface area contributed by atoms with E-state index in [0.717, 1.165) is 11.3 Å². The zero-order valence-corrected chi connectivity index (χ0v) is 9.22. The van der Waals surface area contributed by atoms with Gasteiger partial charge in [0.2, 0.25) is 0 Å². The van der Waals surface area contributed by atoms with Gasteiger partial charge in [-0.05, 0) is 47.9 Å². The number of allylic oxidation sites excluding steroid dienone is 1. The van der Waals surface area contributed by atoms with Gasteiger partial charge in [-0.15, -0.1) is 0 Å². The molecule has 0 fully saturated rings. The van der Waals surface area contributed by atoms with E-state index in [9.17, 15) is 0 Å². The predicted molar refractivity (Wildman–Crippen MR) is 68.6 cm³/mol. The van der Waals surface area contributed by atoms with Gasteiger partial charge in [-0.25, -0.2) is 0 Å². The van der Waals surface area contributed by atoms with Gasteiger partial charge in [0.05, 0.1) is 0 Å². The number of nitrogens with zero attached hydrogens (tertiary/aromatic N) is 1. The minimum Gasteiger partial charge on any atom is -0.398 e. The Bertz CT molecular complexity index is 501. The Morgan fingerprint density at radius 2 is 1.81 bits per heavy atom. The van der Waals surface area contributed by atoms with Crippen molar-refractivity contribution in [3.05, 3.63) is 59.9 Å². The highest BCUT2D eigenvalue weighted by Crippen LogP contribution is 2.20. The van der Waals surface area contributed by atoms with Crippen LogP contribution in [0.4, 0.5) is 5.69 Å². The standard InChI is InChI=1S/C14H14N2/c1-11(12-6-8-16-9-7-12)10-13-4-2-3-5-14(13)15/h2-10H,15H2,1H3. The Morgan fingerprint density at radius 1 is 1.12 bits per heavy atom. The smallest absolute Gasteiger partial charge is 0.0387 e. The Labute approximate surface area is 95.5 Å². The molecular formula is C14H14N2. The van der Waals surface area contributed by atoms with E-state index in [1.165, 1.54) is 11.1 Å². The van der Waals surface area contributed by atoms with Gasteiger partial charge in [0.1, 0.15) is 0 Å². The maximum Gasteiger partial charge on any atom is 0.0387 e. The average Bonchev–Trinajstić information content (AvgIpc) is 2.33. The summed E-state index contributed by atoms with van der Waals surface area (Å²) in [5, 5.41) is 0. The lowest BCUT2D eigenvalue weighted by atomic mass is 10.0. The van der Waals surface area contributed by atoms with Crippen LogP contribution in [0, 0.1) is 0 Å². The van der Waals surface area contributed by atoms with Gasteiger partial charge in [-0.2, -0.15) is 0 Å². The molecule has 2 rings (SSSR count). The number of anilines is 1. The summed E-state index contributed by atoms with van der Waals surface area (Å²) in [6.07, 6.45) is 5.67. The van der Waals surface area contributed by atoms with E-state index in [1.807, 2.05) is 36.4 Å². The lowest BCUT2D eigenvalue weighted by Gasteiger charge is -2.03. The van der Waals surface area contributed by atoms with Gasteiger partial charge in [0, 0.05) is 18.1 Å². The molecule has 0 saturated heterocycles. The van der Waals surface area contributed by atoms with Crippen LogP contribution in [0.3, 0.4) is 0 Å². The Balaban J connectivity index is 2.36. The fraction of sp³-hybridized carbons (Fsp3) is 0.0714. The molecule has 0 radical (unpaired) electrons. The van der Waals surface area contributed by atoms with Crippen LogP contribution in [-0.2, 0) is 0 Å². The number of para-hydroxylation sites is 1. The average molecular weight is 210 g/mol. The molecule has 0 spiro atoms. The molecule has 2 heteroatoms. The highest BCUT2D eigenvalue weighted by atomic mass is 14.6. The minimum atomic E-state index is 0.802. The zero-order chi connectivity index (χ0) is 11.4. The van der Waals surface area contributed by atoms with Crippen LogP contribution < -0.4 is 5.73 Å². The summed E-state index contributed by atoms with van der Waals surface area (Å²) < 4.78 is 0. The molecule has 16 heavy (non-hydrogen) atoms. The fourth-order valence-corrected chi connectivity index (χ4v) is 1.57. The van der Waals surface area contributed by atoms with Crippen molar-refractivity contribution < 1.29 is 0 Å². The van der Waals surface area contributed by atoms with Gasteiger partial charge < -0.3 is 5.73 Å². The highest BCUT2D eigenvalue weighted by molar-refractivity contribution is 5.83. The summed E-state index contributed by atoms with van der Waals surface area (Å²) in [6.45, 7) is 2.07. The van der Waals surface area contributed by atoms with E-state index < -0.39 is 0 Å². The number of hydrogen-bond acceptors (Lipinski definition) is 2. The minimum absolute atomic E-state index is 0.802. The van der Waals surface area contributed by atoms with E-state index in [1.54, 1.807) is 12.4 Å². The quantitative estimate of drug-likeness (QED) is 0.773. The number of nitrogens with two attached hydrogens (primary N) is 1. The first-order valence-electron chi connectivity index (χ1n) is 5.20. The van der Waals surface area contributed by atoms with Crippen LogP contribution in [0.2, 0.25) is 0 Å². The van der Waals surface area contributed by atoms with Crippen molar-refractivity contribution in [1.82, 2.24) is 4.98 Å². The molecular weight excluding hydrogens is 196 g/mol. The first-order valence-corrected chi connectivity index (χ1v) is 5.20. The number of rotatable bonds is 2. The second-order valence-corrected chi connectivity index (χ2v) is 3.69. The van der Waals surface area contributed by atoms with Crippen LogP contribution in [0.15, 0.2) is 48.8 Å². The van der Waals surface area contributed by atoms with E-state index >= 15 is 0 Å². The summed E-state index contributed by atoms with van der Waals surface area (Å²) in [6, 6.07) is 11.8. The van der Waals surface area contributed by atoms with E-state index in [-0.39, 0.29) is 0 Å². The van der Waals surface area contributed by atoms with Crippen molar-refractivity contribution in [3.63, 3.8) is 0 Å². The van der Waals surface area contributed by atoms with Gasteiger partial charge in [-0.3, -0.25) is 4.98 Å². The van der Waals surface area contributed by atoms with Crippen molar-refractivity contribution >= 4 is 17.3 Å². The Hall–Kier alpha value is -2.09. The van der Waals surface area contributed by atoms with Crippen LogP contribution in [0.5, 0.6) is 0 Å². The Morgan fingerprint density at radius 3 is 2.50 bits per heavy atom. The lowest BCUT2D eigenvalue weighted by Crippen LogP contribution is -1.88. The van der Waals surface area contributed by atoms with Gasteiger partial charge in [-0.1, -0.05) is 18.2 Å². The molecule has 2 N–H and O–H groups in total. The van der Waals surface area contributed by atoms with Crippen LogP contribution >= 0.6 is 0 Å². The van der Waals surface area contributed by atoms with Crippen molar-refractivity contribution in [3.8, 4) is 0 Å². The summed E-state index contributed by atoms with van der Waals surface area (Å²) >= 11 is 0. The molecule has 2 aromatic rings. The molecule has 0 aliphatic carbocycles. The molecule has 1 aromatic heterocycles. The summed E-state index contributed by atoms with van der Waals surface area (Å²) in [4.78, 5) is 4.00. The number of benzene rings is 1. The van der Waals surface area contributed by atoms with Crippen LogP contribution in [0.25, 0.3) is 11.6 Å². The molecule has 0 unspecified atom stereocenters. The maximum atomic E-state index is 5.89. The molecule has 0 amide bonds. The molecule has 1 heterocycles. The summed E-state index contributed by atoms with van der Waals surface area (Å²) in [5.41, 5.74) is 10.1. The molecule has 0 aliphatic heterocycles. The summed E-state index contributed by atoms with van der Waals surface area (Å²) in [7, 11) is 0. The highest BCUT2D eigenvalue weighted by Gasteiger charge is 1.97. The monoisotopic (exact) mass is 210 g/mol. The SMILES string of the molecule is CC(=Cc1ccccc1N)c1ccncc1. The molecule has 2 nitrogen and oxygen atoms in total. The number of nitrogen functional groups attached to an aromatic ring is 1. The van der Waals surface area contributed by atoms with E-state index in [2.05, 4.69) is 18.0 Å². The van der Waals surface area contributed by atoms with Crippen molar-refractivity contribution in [2.75, 3.05) is 5.73 Å². The lowest BCUT2D eigenvalue weighted by molar-refractivity contribution is 1.31. The van der Waals surface area contributed by atoms with Crippen molar-refractivity contribution in [2.24, 2.45) is 0 Å². The first-order chi connectivity index (χ1) is 7.77. The van der Waals surface area contributed by atoms with Gasteiger partial charge >= 0.3 is 0 Å². The molecule has 0 aliphatic rings. The van der Waals surface area contributed by atoms with E-state index in [4.69, 9.17) is 5.73 Å². The third-order valence-corrected chi connectivity index (χ3v) is 2.50. The van der Waals surface area contributed by atoms with E-state index in [0.29, 0.717) is 0 Å². The first kappa shape index (κ1) is 10.4. The van der Waals surface area contributed by atoms with Crippen LogP contribution in [0.1, 0.15) is 18.1 Å². The molecule has 0 bridgehead atoms.